The van der Waals surface area contributed by atoms with Crippen LogP contribution >= 0.6 is 0 Å². The summed E-state index contributed by atoms with van der Waals surface area (Å²) in [4.78, 5) is -0.330. The third-order valence-corrected chi connectivity index (χ3v) is 5.99. The lowest BCUT2D eigenvalue weighted by molar-refractivity contribution is 0.398. The van der Waals surface area contributed by atoms with Crippen molar-refractivity contribution in [2.75, 3.05) is 7.11 Å². The van der Waals surface area contributed by atoms with Gasteiger partial charge in [-0.1, -0.05) is 12.1 Å². The third kappa shape index (κ3) is 4.02. The molecule has 0 atom stereocenters. The average Bonchev–Trinajstić information content (AvgIpc) is 2.66. The Kier molecular flexibility index (Phi) is 5.17. The van der Waals surface area contributed by atoms with E-state index in [9.17, 15) is 21.9 Å². The summed E-state index contributed by atoms with van der Waals surface area (Å²) in [7, 11) is -7.12. The van der Waals surface area contributed by atoms with Gasteiger partial charge in [0.1, 0.15) is 11.4 Å². The molecule has 0 aromatic heterocycles. The zero-order valence-corrected chi connectivity index (χ0v) is 16.0. The number of azo groups is 1. The molecule has 146 valence electrons. The number of phenols is 1. The van der Waals surface area contributed by atoms with Crippen molar-refractivity contribution in [1.82, 2.24) is 0 Å². The van der Waals surface area contributed by atoms with Crippen molar-refractivity contribution >= 4 is 42.4 Å². The fourth-order valence-electron chi connectivity index (χ4n) is 2.43. The van der Waals surface area contributed by atoms with Crippen LogP contribution in [0.25, 0.3) is 10.8 Å². The quantitative estimate of drug-likeness (QED) is 0.364. The minimum absolute atomic E-state index is 0.0446. The standard InChI is InChI=1S/C17H14N2O7S2/c1-26-28(24,25)14-7-8-15-11(10-14)2-9-16(20)17(15)19-18-12-3-5-13(6-4-12)27(21,22)23/h2-10,20H,1H3,(H,21,22,23). The van der Waals surface area contributed by atoms with Gasteiger partial charge in [-0.3, -0.25) is 8.74 Å². The molecule has 0 heterocycles. The van der Waals surface area contributed by atoms with Crippen LogP contribution < -0.4 is 0 Å². The SMILES string of the molecule is COS(=O)(=O)c1ccc2c(N=Nc3ccc(S(=O)(=O)O)cc3)c(O)ccc2c1. The maximum Gasteiger partial charge on any atom is 0.296 e. The average molecular weight is 422 g/mol. The van der Waals surface area contributed by atoms with Crippen LogP contribution in [0.1, 0.15) is 0 Å². The molecule has 3 rings (SSSR count). The van der Waals surface area contributed by atoms with Gasteiger partial charge in [0.05, 0.1) is 22.6 Å². The predicted molar refractivity (Wildman–Crippen MR) is 100 cm³/mol. The smallest absolute Gasteiger partial charge is 0.296 e. The third-order valence-electron chi connectivity index (χ3n) is 3.85. The Balaban J connectivity index is 2.03. The number of fused-ring (bicyclic) bond motifs is 1. The van der Waals surface area contributed by atoms with Gasteiger partial charge in [0.15, 0.2) is 0 Å². The highest BCUT2D eigenvalue weighted by Crippen LogP contribution is 2.37. The number of hydrogen-bond acceptors (Lipinski definition) is 8. The molecule has 0 aliphatic rings. The van der Waals surface area contributed by atoms with Crippen LogP contribution in [-0.2, 0) is 24.4 Å². The Morgan fingerprint density at radius 1 is 0.857 bits per heavy atom. The first-order valence-corrected chi connectivity index (χ1v) is 10.5. The Hall–Kier alpha value is -2.86. The Morgan fingerprint density at radius 2 is 1.50 bits per heavy atom. The Labute approximate surface area is 160 Å². The highest BCUT2D eigenvalue weighted by Gasteiger charge is 2.15. The van der Waals surface area contributed by atoms with Gasteiger partial charge in [-0.05, 0) is 47.9 Å². The summed E-state index contributed by atoms with van der Waals surface area (Å²) >= 11 is 0. The predicted octanol–water partition coefficient (Wildman–Crippen LogP) is 3.54. The minimum Gasteiger partial charge on any atom is -0.506 e. The van der Waals surface area contributed by atoms with Crippen LogP contribution in [0.15, 0.2) is 74.6 Å². The van der Waals surface area contributed by atoms with Gasteiger partial charge in [0, 0.05) is 5.39 Å². The molecule has 0 fully saturated rings. The van der Waals surface area contributed by atoms with Crippen molar-refractivity contribution in [3.8, 4) is 5.75 Å². The molecule has 11 heteroatoms. The number of rotatable bonds is 5. The van der Waals surface area contributed by atoms with E-state index in [2.05, 4.69) is 14.4 Å². The minimum atomic E-state index is -4.31. The summed E-state index contributed by atoms with van der Waals surface area (Å²) in [6.07, 6.45) is 0. The zero-order valence-electron chi connectivity index (χ0n) is 14.3. The topological polar surface area (TPSA) is 143 Å². The van der Waals surface area contributed by atoms with E-state index < -0.39 is 20.2 Å². The molecule has 2 N–H and O–H groups in total. The van der Waals surface area contributed by atoms with Gasteiger partial charge in [0.25, 0.3) is 20.2 Å². The molecule has 3 aromatic rings. The van der Waals surface area contributed by atoms with Crippen molar-refractivity contribution in [3.05, 3.63) is 54.6 Å². The zero-order chi connectivity index (χ0) is 20.5. The van der Waals surface area contributed by atoms with Crippen molar-refractivity contribution in [3.63, 3.8) is 0 Å². The number of aromatic hydroxyl groups is 1. The van der Waals surface area contributed by atoms with E-state index in [1.165, 1.54) is 42.5 Å². The molecule has 3 aromatic carbocycles. The van der Waals surface area contributed by atoms with Gasteiger partial charge < -0.3 is 5.11 Å². The first kappa shape index (κ1) is 19.9. The monoisotopic (exact) mass is 422 g/mol. The molecular formula is C17H14N2O7S2. The molecule has 0 radical (unpaired) electrons. The van der Waals surface area contributed by atoms with E-state index >= 15 is 0 Å². The molecule has 9 nitrogen and oxygen atoms in total. The fraction of sp³-hybridized carbons (Fsp3) is 0.0588. The van der Waals surface area contributed by atoms with E-state index in [0.29, 0.717) is 10.8 Å². The molecule has 0 aliphatic carbocycles. The van der Waals surface area contributed by atoms with Gasteiger partial charge in [-0.2, -0.15) is 21.9 Å². The van der Waals surface area contributed by atoms with E-state index in [-0.39, 0.29) is 26.9 Å². The molecular weight excluding hydrogens is 408 g/mol. The normalized spacial score (nSPS) is 12.6. The van der Waals surface area contributed by atoms with Crippen LogP contribution in [0.5, 0.6) is 5.75 Å². The molecule has 0 aliphatic heterocycles. The Morgan fingerprint density at radius 3 is 2.11 bits per heavy atom. The van der Waals surface area contributed by atoms with Crippen molar-refractivity contribution in [2.45, 2.75) is 9.79 Å². The maximum absolute atomic E-state index is 11.8. The number of nitrogens with zero attached hydrogens (tertiary/aromatic N) is 2. The molecule has 0 saturated heterocycles. The summed E-state index contributed by atoms with van der Waals surface area (Å²) in [6.45, 7) is 0. The van der Waals surface area contributed by atoms with Crippen LogP contribution in [0.4, 0.5) is 11.4 Å². The second-order valence-electron chi connectivity index (χ2n) is 5.61. The highest BCUT2D eigenvalue weighted by atomic mass is 32.2. The largest absolute Gasteiger partial charge is 0.506 e. The number of benzene rings is 3. The van der Waals surface area contributed by atoms with Crippen LogP contribution in [0, 0.1) is 0 Å². The summed E-state index contributed by atoms with van der Waals surface area (Å²) in [5.74, 6) is -0.173. The first-order valence-electron chi connectivity index (χ1n) is 7.67. The number of hydrogen-bond donors (Lipinski definition) is 2. The number of phenolic OH excluding ortho intramolecular Hbond substituents is 1. The van der Waals surface area contributed by atoms with Crippen molar-refractivity contribution in [2.24, 2.45) is 10.2 Å². The lowest BCUT2D eigenvalue weighted by Gasteiger charge is -2.07. The second kappa shape index (κ2) is 7.28. The summed E-state index contributed by atoms with van der Waals surface area (Å²) in [5.41, 5.74) is 0.389. The van der Waals surface area contributed by atoms with E-state index in [0.717, 1.165) is 19.2 Å². The van der Waals surface area contributed by atoms with Crippen molar-refractivity contribution in [1.29, 1.82) is 0 Å². The molecule has 28 heavy (non-hydrogen) atoms. The van der Waals surface area contributed by atoms with Crippen LogP contribution in [0.2, 0.25) is 0 Å². The van der Waals surface area contributed by atoms with Crippen LogP contribution in [-0.4, -0.2) is 33.6 Å². The lowest BCUT2D eigenvalue weighted by atomic mass is 10.1. The van der Waals surface area contributed by atoms with Gasteiger partial charge in [-0.15, -0.1) is 5.11 Å². The molecule has 0 bridgehead atoms. The summed E-state index contributed by atoms with van der Waals surface area (Å²) in [5, 5.41) is 19.0. The molecule has 0 saturated carbocycles. The molecule has 0 unspecified atom stereocenters. The van der Waals surface area contributed by atoms with Crippen LogP contribution in [0.3, 0.4) is 0 Å². The van der Waals surface area contributed by atoms with E-state index in [1.807, 2.05) is 0 Å². The van der Waals surface area contributed by atoms with E-state index in [1.54, 1.807) is 0 Å². The van der Waals surface area contributed by atoms with Gasteiger partial charge in [0.2, 0.25) is 0 Å². The summed E-state index contributed by atoms with van der Waals surface area (Å²) in [6, 6.07) is 12.0. The lowest BCUT2D eigenvalue weighted by Crippen LogP contribution is -2.02. The molecule has 0 amide bonds. The van der Waals surface area contributed by atoms with Crippen molar-refractivity contribution < 1.29 is 30.7 Å². The summed E-state index contributed by atoms with van der Waals surface area (Å²) < 4.78 is 59.2. The maximum atomic E-state index is 11.8. The van der Waals surface area contributed by atoms with Gasteiger partial charge in [-0.25, -0.2) is 0 Å². The highest BCUT2D eigenvalue weighted by molar-refractivity contribution is 7.86. The Bertz CT molecular complexity index is 1280. The fourth-order valence-corrected chi connectivity index (χ4v) is 3.61. The van der Waals surface area contributed by atoms with E-state index in [4.69, 9.17) is 4.55 Å². The first-order chi connectivity index (χ1) is 13.1. The second-order valence-corrected chi connectivity index (χ2v) is 8.74. The van der Waals surface area contributed by atoms with Gasteiger partial charge >= 0.3 is 0 Å². The molecule has 0 spiro atoms.